The molecule has 0 aliphatic rings. The highest BCUT2D eigenvalue weighted by atomic mass is 32.2. The summed E-state index contributed by atoms with van der Waals surface area (Å²) in [6.07, 6.45) is 0. The second-order valence-corrected chi connectivity index (χ2v) is 9.68. The summed E-state index contributed by atoms with van der Waals surface area (Å²) in [6.45, 7) is 0.452. The molecule has 0 aliphatic heterocycles. The Morgan fingerprint density at radius 1 is 1.03 bits per heavy atom. The lowest BCUT2D eigenvalue weighted by Crippen LogP contribution is -2.22. The fraction of sp³-hybridized carbons (Fsp3) is 0.263. The van der Waals surface area contributed by atoms with Crippen molar-refractivity contribution in [2.45, 2.75) is 16.7 Å². The Balaban J connectivity index is 1.46. The van der Waals surface area contributed by atoms with Crippen LogP contribution in [0.25, 0.3) is 0 Å². The molecule has 0 fully saturated rings. The maximum atomic E-state index is 12.9. The molecule has 3 aromatic rings. The summed E-state index contributed by atoms with van der Waals surface area (Å²) < 4.78 is 50.7. The summed E-state index contributed by atoms with van der Waals surface area (Å²) in [5.74, 6) is 7.68. The van der Waals surface area contributed by atoms with Gasteiger partial charge in [-0.05, 0) is 48.5 Å². The van der Waals surface area contributed by atoms with Gasteiger partial charge in [-0.3, -0.25) is 0 Å². The number of nitrogen functional groups attached to an aromatic ring is 1. The molecule has 0 bridgehead atoms. The lowest BCUT2D eigenvalue weighted by Gasteiger charge is -2.12. The van der Waals surface area contributed by atoms with Crippen LogP contribution in [0, 0.1) is 5.82 Å². The number of ether oxygens (including phenoxy) is 2. The monoisotopic (exact) mass is 467 g/mol. The smallest absolute Gasteiger partial charge is 0.242 e. The molecule has 0 aliphatic carbocycles. The van der Waals surface area contributed by atoms with Gasteiger partial charge >= 0.3 is 0 Å². The van der Waals surface area contributed by atoms with E-state index >= 15 is 0 Å². The lowest BCUT2D eigenvalue weighted by molar-refractivity contribution is 0.291. The Morgan fingerprint density at radius 3 is 2.29 bits per heavy atom. The van der Waals surface area contributed by atoms with Gasteiger partial charge in [0, 0.05) is 19.8 Å². The van der Waals surface area contributed by atoms with Crippen molar-refractivity contribution in [3.63, 3.8) is 0 Å². The van der Waals surface area contributed by atoms with E-state index in [1.54, 1.807) is 12.1 Å². The summed E-state index contributed by atoms with van der Waals surface area (Å²) in [6, 6.07) is 11.9. The number of aromatic nitrogens is 3. The minimum atomic E-state index is -3.47. The van der Waals surface area contributed by atoms with Crippen LogP contribution in [0.1, 0.15) is 5.82 Å². The quantitative estimate of drug-likeness (QED) is 0.274. The van der Waals surface area contributed by atoms with E-state index in [0.717, 1.165) is 4.31 Å². The van der Waals surface area contributed by atoms with Crippen molar-refractivity contribution in [2.75, 3.05) is 32.3 Å². The standard InChI is InChI=1S/C19H22FN5O4S2/c1-24(2)31(26,27)17-9-7-15(8-10-17)28-11-12-30-19-23-22-18(25(19)21)13-29-16-5-3-14(20)4-6-16/h3-10H,11-13,21H2,1-2H3. The SMILES string of the molecule is CN(C)S(=O)(=O)c1ccc(OCCSc2nnc(COc3ccc(F)cc3)n2N)cc1. The molecule has 0 radical (unpaired) electrons. The second kappa shape index (κ2) is 9.98. The van der Waals surface area contributed by atoms with Crippen LogP contribution in [-0.2, 0) is 16.6 Å². The van der Waals surface area contributed by atoms with E-state index in [-0.39, 0.29) is 17.3 Å². The van der Waals surface area contributed by atoms with Crippen molar-refractivity contribution in [2.24, 2.45) is 0 Å². The van der Waals surface area contributed by atoms with Gasteiger partial charge in [-0.15, -0.1) is 10.2 Å². The van der Waals surface area contributed by atoms with E-state index in [9.17, 15) is 12.8 Å². The average Bonchev–Trinajstić information content (AvgIpc) is 3.10. The van der Waals surface area contributed by atoms with Gasteiger partial charge in [0.2, 0.25) is 15.2 Å². The summed E-state index contributed by atoms with van der Waals surface area (Å²) in [5, 5.41) is 8.52. The summed E-state index contributed by atoms with van der Waals surface area (Å²) in [4.78, 5) is 0.200. The number of hydrogen-bond acceptors (Lipinski definition) is 8. The third kappa shape index (κ3) is 5.87. The molecule has 0 saturated carbocycles. The molecule has 0 unspecified atom stereocenters. The number of nitrogens with two attached hydrogens (primary N) is 1. The molecule has 0 saturated heterocycles. The fourth-order valence-electron chi connectivity index (χ4n) is 2.39. The largest absolute Gasteiger partial charge is 0.493 e. The first kappa shape index (κ1) is 22.8. The van der Waals surface area contributed by atoms with Crippen LogP contribution in [0.3, 0.4) is 0 Å². The number of rotatable bonds is 10. The minimum absolute atomic E-state index is 0.0917. The van der Waals surface area contributed by atoms with Gasteiger partial charge in [-0.1, -0.05) is 11.8 Å². The molecule has 3 rings (SSSR count). The van der Waals surface area contributed by atoms with Crippen LogP contribution < -0.4 is 15.3 Å². The molecule has 0 amide bonds. The fourth-order valence-corrected chi connectivity index (χ4v) is 3.99. The molecule has 0 spiro atoms. The van der Waals surface area contributed by atoms with Gasteiger partial charge in [-0.2, -0.15) is 0 Å². The predicted octanol–water partition coefficient (Wildman–Crippen LogP) is 2.13. The molecule has 31 heavy (non-hydrogen) atoms. The first-order chi connectivity index (χ1) is 14.8. The Morgan fingerprint density at radius 2 is 1.65 bits per heavy atom. The molecule has 1 aromatic heterocycles. The first-order valence-electron chi connectivity index (χ1n) is 9.13. The highest BCUT2D eigenvalue weighted by Gasteiger charge is 2.16. The molecule has 9 nitrogen and oxygen atoms in total. The molecule has 166 valence electrons. The Kier molecular flexibility index (Phi) is 7.36. The van der Waals surface area contributed by atoms with E-state index in [4.69, 9.17) is 15.3 Å². The lowest BCUT2D eigenvalue weighted by atomic mass is 10.3. The van der Waals surface area contributed by atoms with E-state index in [1.807, 2.05) is 0 Å². The van der Waals surface area contributed by atoms with Gasteiger partial charge in [0.05, 0.1) is 11.5 Å². The molecule has 2 N–H and O–H groups in total. The Labute approximate surface area is 184 Å². The number of hydrogen-bond donors (Lipinski definition) is 1. The van der Waals surface area contributed by atoms with E-state index in [1.165, 1.54) is 66.9 Å². The predicted molar refractivity (Wildman–Crippen MR) is 114 cm³/mol. The van der Waals surface area contributed by atoms with Crippen LogP contribution in [0.2, 0.25) is 0 Å². The number of nitrogens with zero attached hydrogens (tertiary/aromatic N) is 4. The molecule has 2 aromatic carbocycles. The number of sulfonamides is 1. The number of halogens is 1. The van der Waals surface area contributed by atoms with Crippen LogP contribution in [0.5, 0.6) is 11.5 Å². The topological polar surface area (TPSA) is 113 Å². The van der Waals surface area contributed by atoms with Crippen LogP contribution >= 0.6 is 11.8 Å². The molecular formula is C19H22FN5O4S2. The minimum Gasteiger partial charge on any atom is -0.493 e. The van der Waals surface area contributed by atoms with Crippen LogP contribution in [0.4, 0.5) is 4.39 Å². The van der Waals surface area contributed by atoms with Crippen molar-refractivity contribution in [3.05, 3.63) is 60.2 Å². The van der Waals surface area contributed by atoms with Gasteiger partial charge in [-0.25, -0.2) is 21.8 Å². The zero-order valence-electron chi connectivity index (χ0n) is 16.9. The van der Waals surface area contributed by atoms with E-state index in [0.29, 0.717) is 34.8 Å². The van der Waals surface area contributed by atoms with Crippen LogP contribution in [0.15, 0.2) is 58.6 Å². The Bertz CT molecular complexity index is 1100. The van der Waals surface area contributed by atoms with Gasteiger partial charge in [0.25, 0.3) is 0 Å². The molecule has 0 atom stereocenters. The van der Waals surface area contributed by atoms with Crippen LogP contribution in [-0.4, -0.2) is 54.1 Å². The zero-order valence-corrected chi connectivity index (χ0v) is 18.6. The number of benzene rings is 2. The summed E-state index contributed by atoms with van der Waals surface area (Å²) in [5.41, 5.74) is 0. The summed E-state index contributed by atoms with van der Waals surface area (Å²) in [7, 11) is -0.508. The van der Waals surface area contributed by atoms with Crippen molar-refractivity contribution in [1.82, 2.24) is 19.2 Å². The van der Waals surface area contributed by atoms with Crippen molar-refractivity contribution >= 4 is 21.8 Å². The Hall–Kier alpha value is -2.83. The van der Waals surface area contributed by atoms with Gasteiger partial charge in [0.1, 0.15) is 23.9 Å². The van der Waals surface area contributed by atoms with Crippen molar-refractivity contribution in [3.8, 4) is 11.5 Å². The van der Waals surface area contributed by atoms with Crippen molar-refractivity contribution in [1.29, 1.82) is 0 Å². The number of thioether (sulfide) groups is 1. The first-order valence-corrected chi connectivity index (χ1v) is 11.6. The maximum absolute atomic E-state index is 12.9. The van der Waals surface area contributed by atoms with Crippen molar-refractivity contribution < 1.29 is 22.3 Å². The maximum Gasteiger partial charge on any atom is 0.242 e. The molecule has 1 heterocycles. The van der Waals surface area contributed by atoms with E-state index < -0.39 is 10.0 Å². The molecular weight excluding hydrogens is 445 g/mol. The second-order valence-electron chi connectivity index (χ2n) is 6.47. The average molecular weight is 468 g/mol. The zero-order chi connectivity index (χ0) is 22.4. The highest BCUT2D eigenvalue weighted by molar-refractivity contribution is 7.99. The van der Waals surface area contributed by atoms with Gasteiger partial charge in [0.15, 0.2) is 5.82 Å². The summed E-state index contributed by atoms with van der Waals surface area (Å²) >= 11 is 1.35. The van der Waals surface area contributed by atoms with Gasteiger partial charge < -0.3 is 15.3 Å². The third-order valence-corrected chi connectivity index (χ3v) is 6.84. The molecule has 12 heteroatoms. The third-order valence-electron chi connectivity index (χ3n) is 4.10. The normalized spacial score (nSPS) is 11.6. The highest BCUT2D eigenvalue weighted by Crippen LogP contribution is 2.20. The van der Waals surface area contributed by atoms with E-state index in [2.05, 4.69) is 10.2 Å².